The second-order valence-corrected chi connectivity index (χ2v) is 6.02. The predicted octanol–water partition coefficient (Wildman–Crippen LogP) is 2.91. The molecule has 0 saturated carbocycles. The molecule has 1 atom stereocenters. The van der Waals surface area contributed by atoms with Gasteiger partial charge in [-0.05, 0) is 23.8 Å². The lowest BCUT2D eigenvalue weighted by atomic mass is 9.93. The molecule has 4 rings (SSSR count). The number of carbonyl (C=O) groups is 1. The largest absolute Gasteiger partial charge is 0.310 e. The lowest BCUT2D eigenvalue weighted by Gasteiger charge is -2.19. The Morgan fingerprint density at radius 1 is 0.958 bits per heavy atom. The quantitative estimate of drug-likeness (QED) is 0.750. The van der Waals surface area contributed by atoms with Crippen LogP contribution in [-0.4, -0.2) is 22.7 Å². The average Bonchev–Trinajstić information content (AvgIpc) is 2.94. The Balaban J connectivity index is 2.04. The van der Waals surface area contributed by atoms with E-state index in [0.29, 0.717) is 11.3 Å². The summed E-state index contributed by atoms with van der Waals surface area (Å²) in [5.74, 6) is -0.359. The molecule has 5 nitrogen and oxygen atoms in total. The second-order valence-electron chi connectivity index (χ2n) is 6.02. The molecule has 1 amide bonds. The number of aromatic nitrogens is 2. The number of rotatable bonds is 1. The molecule has 0 aliphatic carbocycles. The van der Waals surface area contributed by atoms with Crippen molar-refractivity contribution in [1.29, 1.82) is 0 Å². The van der Waals surface area contributed by atoms with E-state index in [1.54, 1.807) is 16.6 Å². The molecule has 24 heavy (non-hydrogen) atoms. The van der Waals surface area contributed by atoms with E-state index in [9.17, 15) is 9.59 Å². The number of hydrogen-bond donors (Lipinski definition) is 1. The van der Waals surface area contributed by atoms with Crippen molar-refractivity contribution in [3.8, 4) is 5.69 Å². The number of amides is 1. The maximum Gasteiger partial charge on any atom is 0.277 e. The summed E-state index contributed by atoms with van der Waals surface area (Å²) < 4.78 is 1.60. The first kappa shape index (κ1) is 14.5. The van der Waals surface area contributed by atoms with E-state index in [0.717, 1.165) is 16.9 Å². The van der Waals surface area contributed by atoms with Crippen molar-refractivity contribution >= 4 is 11.6 Å². The van der Waals surface area contributed by atoms with Gasteiger partial charge in [0, 0.05) is 18.7 Å². The molecular formula is C19H17N3O2. The number of anilines is 1. The number of fused-ring (bicyclic) bond motifs is 2. The SMILES string of the molecule is CC1c2ccccc2N(C)C(=O)c2c1c(=O)[nH]n2-c1ccccc1. The summed E-state index contributed by atoms with van der Waals surface area (Å²) in [6.07, 6.45) is 0. The third-order valence-corrected chi connectivity index (χ3v) is 4.66. The first-order valence-corrected chi connectivity index (χ1v) is 7.87. The van der Waals surface area contributed by atoms with Crippen molar-refractivity contribution in [1.82, 2.24) is 9.78 Å². The Labute approximate surface area is 139 Å². The molecule has 1 N–H and O–H groups in total. The highest BCUT2D eigenvalue weighted by atomic mass is 16.2. The topological polar surface area (TPSA) is 58.1 Å². The van der Waals surface area contributed by atoms with Crippen molar-refractivity contribution in [3.63, 3.8) is 0 Å². The molecule has 3 aromatic rings. The highest BCUT2D eigenvalue weighted by Crippen LogP contribution is 2.36. The summed E-state index contributed by atoms with van der Waals surface area (Å²) in [4.78, 5) is 27.4. The molecule has 1 aliphatic heterocycles. The Morgan fingerprint density at radius 2 is 1.62 bits per heavy atom. The van der Waals surface area contributed by atoms with Crippen molar-refractivity contribution in [2.45, 2.75) is 12.8 Å². The van der Waals surface area contributed by atoms with Crippen molar-refractivity contribution < 1.29 is 4.79 Å². The molecule has 0 fully saturated rings. The standard InChI is InChI=1S/C19H17N3O2/c1-12-14-10-6-7-11-15(14)21(2)19(24)17-16(12)18(23)20-22(17)13-8-4-3-5-9-13/h3-12H,1-2H3,(H,20,23). The lowest BCUT2D eigenvalue weighted by molar-refractivity contribution is 0.0985. The highest BCUT2D eigenvalue weighted by molar-refractivity contribution is 6.07. The van der Waals surface area contributed by atoms with Gasteiger partial charge < -0.3 is 4.90 Å². The third-order valence-electron chi connectivity index (χ3n) is 4.66. The summed E-state index contributed by atoms with van der Waals surface area (Å²) >= 11 is 0. The van der Waals surface area contributed by atoms with Crippen LogP contribution in [0.2, 0.25) is 0 Å². The van der Waals surface area contributed by atoms with Gasteiger partial charge in [0.15, 0.2) is 0 Å². The Bertz CT molecular complexity index is 985. The van der Waals surface area contributed by atoms with E-state index in [2.05, 4.69) is 5.10 Å². The smallest absolute Gasteiger partial charge is 0.277 e. The van der Waals surface area contributed by atoms with E-state index < -0.39 is 0 Å². The Morgan fingerprint density at radius 3 is 2.38 bits per heavy atom. The number of aromatic amines is 1. The van der Waals surface area contributed by atoms with Gasteiger partial charge in [-0.1, -0.05) is 43.3 Å². The molecular weight excluding hydrogens is 302 g/mol. The van der Waals surface area contributed by atoms with Gasteiger partial charge in [0.2, 0.25) is 0 Å². The number of hydrogen-bond acceptors (Lipinski definition) is 2. The molecule has 120 valence electrons. The van der Waals surface area contributed by atoms with Crippen LogP contribution < -0.4 is 10.5 Å². The molecule has 0 bridgehead atoms. The highest BCUT2D eigenvalue weighted by Gasteiger charge is 2.34. The van der Waals surface area contributed by atoms with Crippen LogP contribution in [0.15, 0.2) is 59.4 Å². The van der Waals surface area contributed by atoms with E-state index in [-0.39, 0.29) is 17.4 Å². The monoisotopic (exact) mass is 319 g/mol. The van der Waals surface area contributed by atoms with Gasteiger partial charge in [-0.3, -0.25) is 14.7 Å². The molecule has 0 saturated heterocycles. The molecule has 1 aliphatic rings. The van der Waals surface area contributed by atoms with Crippen LogP contribution in [-0.2, 0) is 0 Å². The van der Waals surface area contributed by atoms with Gasteiger partial charge >= 0.3 is 0 Å². The van der Waals surface area contributed by atoms with Gasteiger partial charge in [0.25, 0.3) is 11.5 Å². The fraction of sp³-hybridized carbons (Fsp3) is 0.158. The zero-order valence-corrected chi connectivity index (χ0v) is 13.5. The fourth-order valence-electron chi connectivity index (χ4n) is 3.41. The normalized spacial score (nSPS) is 16.5. The number of nitrogens with one attached hydrogen (secondary N) is 1. The van der Waals surface area contributed by atoms with Crippen molar-refractivity contribution in [2.24, 2.45) is 0 Å². The minimum atomic E-state index is -0.222. The van der Waals surface area contributed by atoms with Crippen LogP contribution >= 0.6 is 0 Å². The van der Waals surface area contributed by atoms with Crippen LogP contribution in [0.3, 0.4) is 0 Å². The second kappa shape index (κ2) is 5.23. The Hall–Kier alpha value is -3.08. The number of nitrogens with zero attached hydrogens (tertiary/aromatic N) is 2. The summed E-state index contributed by atoms with van der Waals surface area (Å²) in [5, 5.41) is 2.82. The fourth-order valence-corrected chi connectivity index (χ4v) is 3.41. The van der Waals surface area contributed by atoms with Crippen molar-refractivity contribution in [3.05, 3.63) is 81.8 Å². The van der Waals surface area contributed by atoms with E-state index in [1.165, 1.54) is 0 Å². The van der Waals surface area contributed by atoms with E-state index in [4.69, 9.17) is 0 Å². The van der Waals surface area contributed by atoms with Crippen LogP contribution in [0.1, 0.15) is 34.5 Å². The molecule has 1 aromatic heterocycles. The maximum atomic E-state index is 13.1. The first-order chi connectivity index (χ1) is 11.6. The third kappa shape index (κ3) is 1.94. The number of carbonyl (C=O) groups excluding carboxylic acids is 1. The zero-order valence-electron chi connectivity index (χ0n) is 13.5. The number of para-hydroxylation sites is 2. The summed E-state index contributed by atoms with van der Waals surface area (Å²) in [7, 11) is 1.75. The van der Waals surface area contributed by atoms with Crippen molar-refractivity contribution in [2.75, 3.05) is 11.9 Å². The van der Waals surface area contributed by atoms with Crippen LogP contribution in [0.25, 0.3) is 5.69 Å². The van der Waals surface area contributed by atoms with E-state index >= 15 is 0 Å². The molecule has 0 spiro atoms. The summed E-state index contributed by atoms with van der Waals surface area (Å²) in [6.45, 7) is 1.97. The van der Waals surface area contributed by atoms with Gasteiger partial charge in [-0.2, -0.15) is 0 Å². The first-order valence-electron chi connectivity index (χ1n) is 7.87. The molecule has 2 aromatic carbocycles. The summed E-state index contributed by atoms with van der Waals surface area (Å²) in [6, 6.07) is 17.1. The minimum Gasteiger partial charge on any atom is -0.310 e. The van der Waals surface area contributed by atoms with E-state index in [1.807, 2.05) is 61.5 Å². The minimum absolute atomic E-state index is 0.168. The van der Waals surface area contributed by atoms with Gasteiger partial charge in [-0.15, -0.1) is 0 Å². The summed E-state index contributed by atoms with van der Waals surface area (Å²) in [5.41, 5.74) is 3.27. The van der Waals surface area contributed by atoms with Gasteiger partial charge in [0.1, 0.15) is 5.69 Å². The number of H-pyrrole nitrogens is 1. The van der Waals surface area contributed by atoms with Crippen LogP contribution in [0.5, 0.6) is 0 Å². The lowest BCUT2D eigenvalue weighted by Crippen LogP contribution is -2.28. The van der Waals surface area contributed by atoms with Crippen LogP contribution in [0.4, 0.5) is 5.69 Å². The molecule has 5 heteroatoms. The predicted molar refractivity (Wildman–Crippen MR) is 93.1 cm³/mol. The molecule has 1 unspecified atom stereocenters. The number of benzene rings is 2. The Kier molecular flexibility index (Phi) is 3.16. The van der Waals surface area contributed by atoms with Gasteiger partial charge in [-0.25, -0.2) is 4.68 Å². The molecule has 2 heterocycles. The molecule has 0 radical (unpaired) electrons. The van der Waals surface area contributed by atoms with Gasteiger partial charge in [0.05, 0.1) is 11.3 Å². The zero-order chi connectivity index (χ0) is 16.8. The van der Waals surface area contributed by atoms with Crippen LogP contribution in [0, 0.1) is 0 Å². The average molecular weight is 319 g/mol. The maximum absolute atomic E-state index is 13.1.